The lowest BCUT2D eigenvalue weighted by Crippen LogP contribution is -2.63. The molecular weight excluding hydrogens is 737 g/mol. The topological polar surface area (TPSA) is 111 Å². The van der Waals surface area contributed by atoms with E-state index in [0.717, 1.165) is 27.8 Å². The quantitative estimate of drug-likeness (QED) is 0.102. The van der Waals surface area contributed by atoms with Crippen LogP contribution in [-0.2, 0) is 50.1 Å². The number of aliphatic hydroxyl groups excluding tert-OH is 1. The molecule has 10 nitrogen and oxygen atoms in total. The molecule has 296 valence electrons. The van der Waals surface area contributed by atoms with Crippen molar-refractivity contribution in [3.8, 4) is 17.2 Å². The number of benzene rings is 6. The van der Waals surface area contributed by atoms with E-state index < -0.39 is 43.0 Å². The standard InChI is InChI=1S/C48H44O10/c49-42-45(44-41(32-55-47(58-44)37-24-14-5-15-25-37)56-48(42)54-31-36-22-12-4-13-23-36)57-46(50)38-26-39(51-28-33-16-6-1-7-17-33)43(53-30-35-20-10-3-11-21-35)40(27-38)52-29-34-18-8-2-9-19-34/h1-27,41-42,44-45,47-49H,28-32H2/t41-,42-,44-,45-,47-,48-/m1/s1. The number of ether oxygens (including phenoxy) is 8. The van der Waals surface area contributed by atoms with Crippen LogP contribution in [0, 0.1) is 0 Å². The first-order valence-electron chi connectivity index (χ1n) is 19.3. The van der Waals surface area contributed by atoms with Gasteiger partial charge in [0.05, 0.1) is 18.8 Å². The average molecular weight is 781 g/mol. The van der Waals surface area contributed by atoms with Gasteiger partial charge in [-0.15, -0.1) is 0 Å². The number of aliphatic hydroxyl groups is 1. The second kappa shape index (κ2) is 19.0. The average Bonchev–Trinajstić information content (AvgIpc) is 3.28. The Balaban J connectivity index is 1.11. The molecule has 6 aromatic carbocycles. The van der Waals surface area contributed by atoms with Gasteiger partial charge in [0, 0.05) is 5.56 Å². The number of hydrogen-bond acceptors (Lipinski definition) is 10. The van der Waals surface area contributed by atoms with Crippen molar-refractivity contribution in [2.45, 2.75) is 63.4 Å². The largest absolute Gasteiger partial charge is 0.485 e. The summed E-state index contributed by atoms with van der Waals surface area (Å²) < 4.78 is 50.3. The zero-order chi connectivity index (χ0) is 39.5. The van der Waals surface area contributed by atoms with Crippen molar-refractivity contribution in [2.75, 3.05) is 6.61 Å². The molecule has 0 radical (unpaired) electrons. The predicted molar refractivity (Wildman–Crippen MR) is 214 cm³/mol. The number of carbonyl (C=O) groups excluding carboxylic acids is 1. The Morgan fingerprint density at radius 1 is 0.586 bits per heavy atom. The fourth-order valence-corrected chi connectivity index (χ4v) is 6.81. The zero-order valence-corrected chi connectivity index (χ0v) is 31.7. The SMILES string of the molecule is O=C(O[C@@H]1[C@@H](O)[C@H](OCc2ccccc2)O[C@@H]2CO[C@@H](c3ccccc3)O[C@@H]12)c1cc(OCc2ccccc2)c(OCc2ccccc2)c(OCc2ccccc2)c1. The van der Waals surface area contributed by atoms with E-state index in [1.165, 1.54) is 0 Å². The van der Waals surface area contributed by atoms with Crippen LogP contribution in [0.1, 0.15) is 44.5 Å². The van der Waals surface area contributed by atoms with Crippen molar-refractivity contribution >= 4 is 5.97 Å². The van der Waals surface area contributed by atoms with Gasteiger partial charge < -0.3 is 43.0 Å². The van der Waals surface area contributed by atoms with Gasteiger partial charge in [0.25, 0.3) is 0 Å². The van der Waals surface area contributed by atoms with Gasteiger partial charge in [-0.25, -0.2) is 4.79 Å². The van der Waals surface area contributed by atoms with Crippen LogP contribution in [0.4, 0.5) is 0 Å². The number of carbonyl (C=O) groups is 1. The Bertz CT molecular complexity index is 2120. The summed E-state index contributed by atoms with van der Waals surface area (Å²) in [7, 11) is 0. The summed E-state index contributed by atoms with van der Waals surface area (Å²) >= 11 is 0. The van der Waals surface area contributed by atoms with Crippen LogP contribution in [0.25, 0.3) is 0 Å². The van der Waals surface area contributed by atoms with E-state index in [1.807, 2.05) is 152 Å². The van der Waals surface area contributed by atoms with Gasteiger partial charge in [-0.05, 0) is 34.4 Å². The fraction of sp³-hybridized carbons (Fsp3) is 0.229. The van der Waals surface area contributed by atoms with Crippen molar-refractivity contribution in [1.82, 2.24) is 0 Å². The number of esters is 1. The molecule has 0 spiro atoms. The minimum atomic E-state index is -1.42. The van der Waals surface area contributed by atoms with Crippen LogP contribution in [0.5, 0.6) is 17.2 Å². The summed E-state index contributed by atoms with van der Waals surface area (Å²) in [6.07, 6.45) is -6.17. The highest BCUT2D eigenvalue weighted by Crippen LogP contribution is 2.42. The highest BCUT2D eigenvalue weighted by molar-refractivity contribution is 5.91. The van der Waals surface area contributed by atoms with Gasteiger partial charge in [0.15, 0.2) is 30.2 Å². The molecule has 2 aliphatic rings. The molecule has 2 saturated heterocycles. The maximum absolute atomic E-state index is 14.5. The van der Waals surface area contributed by atoms with E-state index in [2.05, 4.69) is 0 Å². The lowest BCUT2D eigenvalue weighted by molar-refractivity contribution is -0.362. The second-order valence-electron chi connectivity index (χ2n) is 14.0. The smallest absolute Gasteiger partial charge is 0.338 e. The third-order valence-corrected chi connectivity index (χ3v) is 9.84. The molecule has 0 aromatic heterocycles. The number of rotatable bonds is 15. The van der Waals surface area contributed by atoms with E-state index in [-0.39, 0.29) is 50.1 Å². The molecule has 6 aromatic rings. The summed E-state index contributed by atoms with van der Waals surface area (Å²) in [5.74, 6) is 0.129. The molecule has 0 amide bonds. The zero-order valence-electron chi connectivity index (χ0n) is 31.7. The monoisotopic (exact) mass is 780 g/mol. The van der Waals surface area contributed by atoms with Crippen LogP contribution >= 0.6 is 0 Å². The Morgan fingerprint density at radius 2 is 1.05 bits per heavy atom. The molecule has 58 heavy (non-hydrogen) atoms. The summed E-state index contributed by atoms with van der Waals surface area (Å²) in [5.41, 5.74) is 4.54. The van der Waals surface area contributed by atoms with Crippen LogP contribution in [-0.4, -0.2) is 48.4 Å². The van der Waals surface area contributed by atoms with E-state index >= 15 is 0 Å². The third-order valence-electron chi connectivity index (χ3n) is 9.84. The first kappa shape index (κ1) is 38.8. The molecule has 6 atom stereocenters. The Morgan fingerprint density at radius 3 is 1.57 bits per heavy atom. The number of fused-ring (bicyclic) bond motifs is 1. The van der Waals surface area contributed by atoms with Crippen LogP contribution < -0.4 is 14.2 Å². The summed E-state index contributed by atoms with van der Waals surface area (Å²) in [5, 5.41) is 11.8. The van der Waals surface area contributed by atoms with Crippen molar-refractivity contribution in [3.05, 3.63) is 197 Å². The summed E-state index contributed by atoms with van der Waals surface area (Å²) in [6, 6.07) is 51.2. The van der Waals surface area contributed by atoms with Crippen molar-refractivity contribution in [2.24, 2.45) is 0 Å². The molecule has 0 saturated carbocycles. The van der Waals surface area contributed by atoms with E-state index in [9.17, 15) is 9.90 Å². The van der Waals surface area contributed by atoms with Crippen LogP contribution in [0.3, 0.4) is 0 Å². The van der Waals surface area contributed by atoms with Gasteiger partial charge in [-0.3, -0.25) is 0 Å². The van der Waals surface area contributed by atoms with Gasteiger partial charge >= 0.3 is 5.97 Å². The normalized spacial score (nSPS) is 21.3. The summed E-state index contributed by atoms with van der Waals surface area (Å²) in [4.78, 5) is 14.5. The minimum absolute atomic E-state index is 0.110. The van der Waals surface area contributed by atoms with Gasteiger partial charge in [-0.2, -0.15) is 0 Å². The van der Waals surface area contributed by atoms with E-state index in [4.69, 9.17) is 37.9 Å². The summed E-state index contributed by atoms with van der Waals surface area (Å²) in [6.45, 7) is 0.868. The van der Waals surface area contributed by atoms with Crippen LogP contribution in [0.15, 0.2) is 164 Å². The molecule has 1 N–H and O–H groups in total. The van der Waals surface area contributed by atoms with Crippen molar-refractivity contribution < 1.29 is 47.8 Å². The molecular formula is C48H44O10. The first-order valence-corrected chi connectivity index (χ1v) is 19.3. The first-order chi connectivity index (χ1) is 28.6. The highest BCUT2D eigenvalue weighted by Gasteiger charge is 2.52. The molecule has 8 rings (SSSR count). The Kier molecular flexibility index (Phi) is 12.7. The van der Waals surface area contributed by atoms with Gasteiger partial charge in [0.2, 0.25) is 5.75 Å². The van der Waals surface area contributed by atoms with Gasteiger partial charge in [-0.1, -0.05) is 152 Å². The Hall–Kier alpha value is -6.01. The molecule has 10 heteroatoms. The van der Waals surface area contributed by atoms with E-state index in [0.29, 0.717) is 5.75 Å². The van der Waals surface area contributed by atoms with Crippen LogP contribution in [0.2, 0.25) is 0 Å². The van der Waals surface area contributed by atoms with Crippen molar-refractivity contribution in [3.63, 3.8) is 0 Å². The van der Waals surface area contributed by atoms with E-state index in [1.54, 1.807) is 12.1 Å². The second-order valence-corrected chi connectivity index (χ2v) is 14.0. The molecule has 0 bridgehead atoms. The molecule has 0 unspecified atom stereocenters. The highest BCUT2D eigenvalue weighted by atomic mass is 16.8. The molecule has 2 heterocycles. The third kappa shape index (κ3) is 9.74. The number of hydrogen-bond donors (Lipinski definition) is 1. The molecule has 0 aliphatic carbocycles. The minimum Gasteiger partial charge on any atom is -0.485 e. The fourth-order valence-electron chi connectivity index (χ4n) is 6.81. The Labute approximate surface area is 337 Å². The molecule has 2 aliphatic heterocycles. The lowest BCUT2D eigenvalue weighted by atomic mass is 9.97. The lowest BCUT2D eigenvalue weighted by Gasteiger charge is -2.47. The van der Waals surface area contributed by atoms with Gasteiger partial charge in [0.1, 0.15) is 38.1 Å². The maximum Gasteiger partial charge on any atom is 0.338 e. The molecule has 2 fully saturated rings. The predicted octanol–water partition coefficient (Wildman–Crippen LogP) is 8.37. The maximum atomic E-state index is 14.5. The van der Waals surface area contributed by atoms with Crippen molar-refractivity contribution in [1.29, 1.82) is 0 Å².